The minimum absolute atomic E-state index is 0.0968. The Hall–Kier alpha value is -2.32. The molecule has 2 aromatic rings. The van der Waals surface area contributed by atoms with Gasteiger partial charge in [-0.1, -0.05) is 41.2 Å². The van der Waals surface area contributed by atoms with E-state index < -0.39 is 6.04 Å². The van der Waals surface area contributed by atoms with E-state index >= 15 is 0 Å². The SMILES string of the molecule is CCC(C)(C)NC(=O)[C@@H](c1ccc(C)cc1)N(C[C@@H]1CCCO1)C(=O)c1csnn1. The van der Waals surface area contributed by atoms with Crippen LogP contribution >= 0.6 is 11.5 Å². The van der Waals surface area contributed by atoms with Crippen LogP contribution in [0.25, 0.3) is 0 Å². The molecule has 0 aliphatic carbocycles. The third-order valence-corrected chi connectivity index (χ3v) is 6.07. The van der Waals surface area contributed by atoms with Crippen LogP contribution in [0.3, 0.4) is 0 Å². The molecule has 1 fully saturated rings. The Labute approximate surface area is 182 Å². The highest BCUT2D eigenvalue weighted by atomic mass is 32.1. The molecule has 1 saturated heterocycles. The van der Waals surface area contributed by atoms with Gasteiger partial charge in [0, 0.05) is 24.1 Å². The molecule has 3 rings (SSSR count). The van der Waals surface area contributed by atoms with Crippen molar-refractivity contribution in [2.75, 3.05) is 13.2 Å². The monoisotopic (exact) mass is 430 g/mol. The largest absolute Gasteiger partial charge is 0.376 e. The first kappa shape index (κ1) is 22.4. The second-order valence-corrected chi connectivity index (χ2v) is 9.03. The van der Waals surface area contributed by atoms with Crippen molar-refractivity contribution < 1.29 is 14.3 Å². The molecule has 1 aliphatic rings. The van der Waals surface area contributed by atoms with E-state index in [9.17, 15) is 9.59 Å². The van der Waals surface area contributed by atoms with Gasteiger partial charge >= 0.3 is 0 Å². The fraction of sp³-hybridized carbons (Fsp3) is 0.545. The molecule has 2 heterocycles. The van der Waals surface area contributed by atoms with Crippen molar-refractivity contribution in [2.45, 2.75) is 64.6 Å². The molecule has 2 amide bonds. The molecule has 0 unspecified atom stereocenters. The van der Waals surface area contributed by atoms with E-state index in [1.807, 2.05) is 52.0 Å². The van der Waals surface area contributed by atoms with E-state index in [4.69, 9.17) is 4.74 Å². The smallest absolute Gasteiger partial charge is 0.276 e. The van der Waals surface area contributed by atoms with Crippen LogP contribution in [0.5, 0.6) is 0 Å². The normalized spacial score (nSPS) is 17.5. The fourth-order valence-electron chi connectivity index (χ4n) is 3.43. The number of hydrogen-bond donors (Lipinski definition) is 1. The average Bonchev–Trinajstić information content (AvgIpc) is 3.42. The van der Waals surface area contributed by atoms with Crippen molar-refractivity contribution in [1.82, 2.24) is 19.8 Å². The summed E-state index contributed by atoms with van der Waals surface area (Å²) in [6.07, 6.45) is 2.49. The number of rotatable bonds is 8. The van der Waals surface area contributed by atoms with E-state index in [1.54, 1.807) is 10.3 Å². The minimum Gasteiger partial charge on any atom is -0.376 e. The number of nitrogens with one attached hydrogen (secondary N) is 1. The molecule has 1 N–H and O–H groups in total. The van der Waals surface area contributed by atoms with Crippen LogP contribution in [-0.4, -0.2) is 51.1 Å². The molecule has 1 aliphatic heterocycles. The van der Waals surface area contributed by atoms with E-state index in [2.05, 4.69) is 14.9 Å². The Morgan fingerprint density at radius 3 is 2.63 bits per heavy atom. The topological polar surface area (TPSA) is 84.4 Å². The van der Waals surface area contributed by atoms with Crippen molar-refractivity contribution in [2.24, 2.45) is 0 Å². The van der Waals surface area contributed by atoms with E-state index in [0.29, 0.717) is 13.2 Å². The molecule has 30 heavy (non-hydrogen) atoms. The van der Waals surface area contributed by atoms with Crippen molar-refractivity contribution in [3.05, 3.63) is 46.5 Å². The number of aromatic nitrogens is 2. The number of aryl methyl sites for hydroxylation is 1. The summed E-state index contributed by atoms with van der Waals surface area (Å²) < 4.78 is 9.63. The highest BCUT2D eigenvalue weighted by Crippen LogP contribution is 2.27. The highest BCUT2D eigenvalue weighted by molar-refractivity contribution is 7.03. The quantitative estimate of drug-likeness (QED) is 0.693. The van der Waals surface area contributed by atoms with Crippen molar-refractivity contribution in [3.63, 3.8) is 0 Å². The van der Waals surface area contributed by atoms with Gasteiger partial charge in [-0.15, -0.1) is 5.10 Å². The third-order valence-electron chi connectivity index (χ3n) is 5.56. The molecule has 162 valence electrons. The van der Waals surface area contributed by atoms with Gasteiger partial charge in [-0.3, -0.25) is 9.59 Å². The molecule has 7 nitrogen and oxygen atoms in total. The van der Waals surface area contributed by atoms with Crippen LogP contribution < -0.4 is 5.32 Å². The lowest BCUT2D eigenvalue weighted by Crippen LogP contribution is -2.51. The molecule has 1 aromatic heterocycles. The zero-order chi connectivity index (χ0) is 21.7. The molecule has 0 spiro atoms. The first-order valence-corrected chi connectivity index (χ1v) is 11.2. The van der Waals surface area contributed by atoms with E-state index in [1.165, 1.54) is 0 Å². The summed E-state index contributed by atoms with van der Waals surface area (Å²) in [6.45, 7) is 8.98. The van der Waals surface area contributed by atoms with Crippen molar-refractivity contribution in [3.8, 4) is 0 Å². The molecular formula is C22H30N4O3S. The van der Waals surface area contributed by atoms with Crippen LogP contribution in [0.4, 0.5) is 0 Å². The third kappa shape index (κ3) is 5.43. The number of nitrogens with zero attached hydrogens (tertiary/aromatic N) is 3. The molecular weight excluding hydrogens is 400 g/mol. The van der Waals surface area contributed by atoms with Crippen molar-refractivity contribution in [1.29, 1.82) is 0 Å². The number of carbonyl (C=O) groups excluding carboxylic acids is 2. The Morgan fingerprint density at radius 2 is 2.07 bits per heavy atom. The Balaban J connectivity index is 2.00. The Kier molecular flexibility index (Phi) is 7.20. The van der Waals surface area contributed by atoms with Gasteiger partial charge in [-0.25, -0.2) is 0 Å². The summed E-state index contributed by atoms with van der Waals surface area (Å²) >= 11 is 1.12. The maximum Gasteiger partial charge on any atom is 0.276 e. The summed E-state index contributed by atoms with van der Waals surface area (Å²) in [7, 11) is 0. The van der Waals surface area contributed by atoms with Gasteiger partial charge in [-0.05, 0) is 57.1 Å². The predicted molar refractivity (Wildman–Crippen MR) is 116 cm³/mol. The summed E-state index contributed by atoms with van der Waals surface area (Å²) in [5.41, 5.74) is 1.71. The number of carbonyl (C=O) groups is 2. The van der Waals surface area contributed by atoms with Gasteiger partial charge < -0.3 is 15.0 Å². The molecule has 0 bridgehead atoms. The van der Waals surface area contributed by atoms with Crippen LogP contribution in [0, 0.1) is 6.92 Å². The molecule has 1 aromatic carbocycles. The van der Waals surface area contributed by atoms with Gasteiger partial charge in [0.2, 0.25) is 5.91 Å². The summed E-state index contributed by atoms with van der Waals surface area (Å²) in [5.74, 6) is -0.519. The Morgan fingerprint density at radius 1 is 1.33 bits per heavy atom. The van der Waals surface area contributed by atoms with Gasteiger partial charge in [0.15, 0.2) is 5.69 Å². The maximum atomic E-state index is 13.5. The number of benzene rings is 1. The summed E-state index contributed by atoms with van der Waals surface area (Å²) in [6, 6.07) is 6.95. The molecule has 2 atom stereocenters. The average molecular weight is 431 g/mol. The second kappa shape index (κ2) is 9.66. The fourth-order valence-corrected chi connectivity index (χ4v) is 3.86. The number of ether oxygens (including phenoxy) is 1. The lowest BCUT2D eigenvalue weighted by molar-refractivity contribution is -0.128. The lowest BCUT2D eigenvalue weighted by Gasteiger charge is -2.35. The summed E-state index contributed by atoms with van der Waals surface area (Å²) in [4.78, 5) is 28.5. The molecule has 0 saturated carbocycles. The van der Waals surface area contributed by atoms with Crippen LogP contribution in [-0.2, 0) is 9.53 Å². The van der Waals surface area contributed by atoms with Gasteiger partial charge in [0.25, 0.3) is 5.91 Å². The Bertz CT molecular complexity index is 846. The van der Waals surface area contributed by atoms with Crippen molar-refractivity contribution >= 4 is 23.3 Å². The first-order chi connectivity index (χ1) is 14.3. The van der Waals surface area contributed by atoms with Gasteiger partial charge in [0.1, 0.15) is 6.04 Å². The first-order valence-electron chi connectivity index (χ1n) is 10.4. The lowest BCUT2D eigenvalue weighted by atomic mass is 9.97. The summed E-state index contributed by atoms with van der Waals surface area (Å²) in [5, 5.41) is 8.69. The minimum atomic E-state index is -0.783. The van der Waals surface area contributed by atoms with Crippen LogP contribution in [0.2, 0.25) is 0 Å². The molecule has 0 radical (unpaired) electrons. The van der Waals surface area contributed by atoms with E-state index in [-0.39, 0.29) is 29.2 Å². The zero-order valence-corrected chi connectivity index (χ0v) is 18.9. The molecule has 8 heteroatoms. The second-order valence-electron chi connectivity index (χ2n) is 8.42. The maximum absolute atomic E-state index is 13.5. The zero-order valence-electron chi connectivity index (χ0n) is 18.1. The standard InChI is InChI=1S/C22H30N4O3S/c1-5-22(3,4)23-20(27)19(16-10-8-15(2)9-11-16)26(13-17-7-6-12-29-17)21(28)18-14-30-25-24-18/h8-11,14,17,19H,5-7,12-13H2,1-4H3,(H,23,27)/t17-,19+/m0/s1. The van der Waals surface area contributed by atoms with Crippen LogP contribution in [0.15, 0.2) is 29.6 Å². The van der Waals surface area contributed by atoms with Crippen LogP contribution in [0.1, 0.15) is 67.7 Å². The number of amides is 2. The van der Waals surface area contributed by atoms with Gasteiger partial charge in [-0.2, -0.15) is 0 Å². The highest BCUT2D eigenvalue weighted by Gasteiger charge is 2.37. The van der Waals surface area contributed by atoms with E-state index in [0.717, 1.165) is 41.9 Å². The van der Waals surface area contributed by atoms with Gasteiger partial charge in [0.05, 0.1) is 6.10 Å². The number of hydrogen-bond acceptors (Lipinski definition) is 6. The predicted octanol–water partition coefficient (Wildman–Crippen LogP) is 3.51.